The van der Waals surface area contributed by atoms with Crippen LogP contribution in [0.5, 0.6) is 0 Å². The summed E-state index contributed by atoms with van der Waals surface area (Å²) in [4.78, 5) is 15.0. The number of carbonyl (C=O) groups is 1. The predicted molar refractivity (Wildman–Crippen MR) is 116 cm³/mol. The second-order valence-corrected chi connectivity index (χ2v) is 9.00. The lowest BCUT2D eigenvalue weighted by atomic mass is 10.1. The summed E-state index contributed by atoms with van der Waals surface area (Å²) in [5, 5.41) is 2.97. The zero-order valence-corrected chi connectivity index (χ0v) is 17.2. The molecule has 1 saturated heterocycles. The first-order chi connectivity index (χ1) is 14.0. The van der Waals surface area contributed by atoms with Crippen molar-refractivity contribution in [2.75, 3.05) is 18.4 Å². The Kier molecular flexibility index (Phi) is 7.19. The molecule has 0 aromatic heterocycles. The summed E-state index contributed by atoms with van der Waals surface area (Å²) in [6.45, 7) is 5.37. The highest BCUT2D eigenvalue weighted by Crippen LogP contribution is 2.22. The van der Waals surface area contributed by atoms with Crippen molar-refractivity contribution < 1.29 is 13.2 Å². The Bertz CT molecular complexity index is 928. The fourth-order valence-corrected chi connectivity index (χ4v) is 4.60. The molecule has 29 heavy (non-hydrogen) atoms. The van der Waals surface area contributed by atoms with Gasteiger partial charge >= 0.3 is 0 Å². The number of rotatable bonds is 9. The number of carbonyl (C=O) groups excluding carboxylic acids is 1. The van der Waals surface area contributed by atoms with Crippen LogP contribution in [0.15, 0.2) is 67.3 Å². The van der Waals surface area contributed by atoms with Crippen molar-refractivity contribution in [3.05, 3.63) is 78.4 Å². The van der Waals surface area contributed by atoms with Crippen LogP contribution in [0.4, 0.5) is 5.69 Å². The largest absolute Gasteiger partial charge is 0.325 e. The molecule has 0 radical (unpaired) electrons. The minimum Gasteiger partial charge on any atom is -0.325 e. The van der Waals surface area contributed by atoms with Crippen molar-refractivity contribution in [2.24, 2.45) is 0 Å². The smallest absolute Gasteiger partial charge is 0.241 e. The van der Waals surface area contributed by atoms with Gasteiger partial charge in [0.2, 0.25) is 15.9 Å². The van der Waals surface area contributed by atoms with E-state index < -0.39 is 10.0 Å². The van der Waals surface area contributed by atoms with Crippen molar-refractivity contribution in [1.82, 2.24) is 9.62 Å². The predicted octanol–water partition coefficient (Wildman–Crippen LogP) is 2.90. The summed E-state index contributed by atoms with van der Waals surface area (Å²) in [6, 6.07) is 16.9. The Balaban J connectivity index is 1.58. The quantitative estimate of drug-likeness (QED) is 0.620. The number of hydrogen-bond acceptors (Lipinski definition) is 4. The zero-order valence-electron chi connectivity index (χ0n) is 16.4. The summed E-state index contributed by atoms with van der Waals surface area (Å²) in [5.41, 5.74) is 2.52. The molecule has 154 valence electrons. The van der Waals surface area contributed by atoms with Crippen molar-refractivity contribution >= 4 is 21.6 Å². The standard InChI is InChI=1S/C22H27N3O3S/c1-2-14-23-29(27,28)17-19-10-12-20(13-11-19)24-22(26)21-9-6-15-25(21)16-18-7-4-3-5-8-18/h2-5,7-8,10-13,21,23H,1,6,9,14-17H2,(H,24,26). The van der Waals surface area contributed by atoms with Crippen molar-refractivity contribution in [2.45, 2.75) is 31.2 Å². The molecule has 1 heterocycles. The van der Waals surface area contributed by atoms with Gasteiger partial charge in [0.25, 0.3) is 0 Å². The van der Waals surface area contributed by atoms with E-state index in [9.17, 15) is 13.2 Å². The fourth-order valence-electron chi connectivity index (χ4n) is 3.50. The highest BCUT2D eigenvalue weighted by molar-refractivity contribution is 7.88. The molecular formula is C22H27N3O3S. The van der Waals surface area contributed by atoms with Gasteiger partial charge in [0.15, 0.2) is 0 Å². The molecule has 2 N–H and O–H groups in total. The van der Waals surface area contributed by atoms with E-state index in [0.29, 0.717) is 11.3 Å². The van der Waals surface area contributed by atoms with Gasteiger partial charge in [-0.2, -0.15) is 0 Å². The minimum absolute atomic E-state index is 0.0218. The van der Waals surface area contributed by atoms with E-state index in [1.54, 1.807) is 24.3 Å². The highest BCUT2D eigenvalue weighted by Gasteiger charge is 2.30. The van der Waals surface area contributed by atoms with Gasteiger partial charge in [0.1, 0.15) is 0 Å². The van der Waals surface area contributed by atoms with Gasteiger partial charge in [-0.25, -0.2) is 13.1 Å². The lowest BCUT2D eigenvalue weighted by molar-refractivity contribution is -0.120. The van der Waals surface area contributed by atoms with Crippen LogP contribution in [0, 0.1) is 0 Å². The summed E-state index contributed by atoms with van der Waals surface area (Å²) in [7, 11) is -3.40. The molecule has 1 amide bonds. The van der Waals surface area contributed by atoms with Gasteiger partial charge in [-0.15, -0.1) is 6.58 Å². The molecule has 1 fully saturated rings. The monoisotopic (exact) mass is 413 g/mol. The summed E-state index contributed by atoms with van der Waals surface area (Å²) >= 11 is 0. The maximum absolute atomic E-state index is 12.8. The molecule has 1 unspecified atom stereocenters. The third-order valence-corrected chi connectivity index (χ3v) is 6.24. The van der Waals surface area contributed by atoms with Crippen LogP contribution in [-0.2, 0) is 27.1 Å². The molecule has 6 nitrogen and oxygen atoms in total. The molecule has 0 saturated carbocycles. The minimum atomic E-state index is -3.40. The van der Waals surface area contributed by atoms with Gasteiger partial charge in [0, 0.05) is 18.8 Å². The normalized spacial score (nSPS) is 17.2. The molecule has 0 bridgehead atoms. The number of amides is 1. The van der Waals surface area contributed by atoms with Gasteiger partial charge in [-0.3, -0.25) is 9.69 Å². The van der Waals surface area contributed by atoms with E-state index in [-0.39, 0.29) is 24.2 Å². The first kappa shape index (κ1) is 21.2. The zero-order chi connectivity index (χ0) is 20.7. The van der Waals surface area contributed by atoms with Crippen molar-refractivity contribution in [1.29, 1.82) is 0 Å². The van der Waals surface area contributed by atoms with E-state index in [2.05, 4.69) is 33.7 Å². The van der Waals surface area contributed by atoms with Crippen LogP contribution in [0.25, 0.3) is 0 Å². The Hall–Kier alpha value is -2.48. The van der Waals surface area contributed by atoms with Gasteiger partial charge in [-0.05, 0) is 42.6 Å². The topological polar surface area (TPSA) is 78.5 Å². The summed E-state index contributed by atoms with van der Waals surface area (Å²) < 4.78 is 26.3. The molecule has 7 heteroatoms. The molecule has 1 aliphatic heterocycles. The number of nitrogens with one attached hydrogen (secondary N) is 2. The molecular weight excluding hydrogens is 386 g/mol. The maximum atomic E-state index is 12.8. The molecule has 1 aliphatic rings. The van der Waals surface area contributed by atoms with E-state index in [4.69, 9.17) is 0 Å². The number of likely N-dealkylation sites (tertiary alicyclic amines) is 1. The second kappa shape index (κ2) is 9.82. The molecule has 2 aromatic rings. The Morgan fingerprint density at radius 2 is 1.83 bits per heavy atom. The number of hydrogen-bond donors (Lipinski definition) is 2. The van der Waals surface area contributed by atoms with Crippen LogP contribution < -0.4 is 10.0 Å². The van der Waals surface area contributed by atoms with Crippen molar-refractivity contribution in [3.63, 3.8) is 0 Å². The average molecular weight is 414 g/mol. The number of nitrogens with zero attached hydrogens (tertiary/aromatic N) is 1. The Morgan fingerprint density at radius 3 is 2.52 bits per heavy atom. The number of benzene rings is 2. The third-order valence-electron chi connectivity index (χ3n) is 4.92. The van der Waals surface area contributed by atoms with Crippen LogP contribution in [0.1, 0.15) is 24.0 Å². The lowest BCUT2D eigenvalue weighted by Gasteiger charge is -2.23. The first-order valence-electron chi connectivity index (χ1n) is 9.73. The average Bonchev–Trinajstić information content (AvgIpc) is 3.17. The molecule has 3 rings (SSSR count). The van der Waals surface area contributed by atoms with Crippen molar-refractivity contribution in [3.8, 4) is 0 Å². The molecule has 1 atom stereocenters. The fraction of sp³-hybridized carbons (Fsp3) is 0.318. The Labute approximate surface area is 172 Å². The Morgan fingerprint density at radius 1 is 1.10 bits per heavy atom. The van der Waals surface area contributed by atoms with E-state index in [0.717, 1.165) is 25.9 Å². The van der Waals surface area contributed by atoms with Crippen LogP contribution in [0.3, 0.4) is 0 Å². The van der Waals surface area contributed by atoms with E-state index >= 15 is 0 Å². The SMILES string of the molecule is C=CCNS(=O)(=O)Cc1ccc(NC(=O)C2CCCN2Cc2ccccc2)cc1. The highest BCUT2D eigenvalue weighted by atomic mass is 32.2. The van der Waals surface area contributed by atoms with Crippen LogP contribution in [0.2, 0.25) is 0 Å². The molecule has 0 aliphatic carbocycles. The van der Waals surface area contributed by atoms with Crippen LogP contribution in [-0.4, -0.2) is 38.4 Å². The van der Waals surface area contributed by atoms with E-state index in [1.807, 2.05) is 18.2 Å². The second-order valence-electron chi connectivity index (χ2n) is 7.20. The lowest BCUT2D eigenvalue weighted by Crippen LogP contribution is -2.39. The van der Waals surface area contributed by atoms with Gasteiger partial charge in [-0.1, -0.05) is 48.5 Å². The summed E-state index contributed by atoms with van der Waals surface area (Å²) in [6.07, 6.45) is 3.34. The van der Waals surface area contributed by atoms with E-state index in [1.165, 1.54) is 11.6 Å². The maximum Gasteiger partial charge on any atom is 0.241 e. The number of sulfonamides is 1. The third kappa shape index (κ3) is 6.25. The first-order valence-corrected chi connectivity index (χ1v) is 11.4. The summed E-state index contributed by atoms with van der Waals surface area (Å²) in [5.74, 6) is -0.130. The molecule has 2 aromatic carbocycles. The molecule has 0 spiro atoms. The van der Waals surface area contributed by atoms with Crippen LogP contribution >= 0.6 is 0 Å². The van der Waals surface area contributed by atoms with Gasteiger partial charge in [0.05, 0.1) is 11.8 Å². The number of anilines is 1. The van der Waals surface area contributed by atoms with Gasteiger partial charge < -0.3 is 5.32 Å².